The third-order valence-electron chi connectivity index (χ3n) is 3.25. The zero-order valence-corrected chi connectivity index (χ0v) is 11.9. The summed E-state index contributed by atoms with van der Waals surface area (Å²) in [5.74, 6) is 0. The molecule has 0 spiro atoms. The quantitative estimate of drug-likeness (QED) is 0.804. The van der Waals surface area contributed by atoms with Gasteiger partial charge >= 0.3 is 6.18 Å². The molecule has 2 rings (SSSR count). The van der Waals surface area contributed by atoms with E-state index in [1.54, 1.807) is 0 Å². The van der Waals surface area contributed by atoms with Crippen molar-refractivity contribution in [2.75, 3.05) is 38.5 Å². The lowest BCUT2D eigenvalue weighted by atomic mass is 10.2. The Hall–Kier alpha value is -1.34. The molecule has 7 heteroatoms. The Balaban J connectivity index is 1.94. The Morgan fingerprint density at radius 2 is 1.65 bits per heavy atom. The SMILES string of the molecule is CN1CCN(C(=S)Nc2ccc(C(F)(F)F)cc2)CC1. The molecule has 3 nitrogen and oxygen atoms in total. The maximum absolute atomic E-state index is 12.5. The molecule has 0 unspecified atom stereocenters. The number of hydrogen-bond acceptors (Lipinski definition) is 2. The van der Waals surface area contributed by atoms with Crippen molar-refractivity contribution >= 4 is 23.0 Å². The van der Waals surface area contributed by atoms with Crippen LogP contribution in [-0.2, 0) is 6.18 Å². The monoisotopic (exact) mass is 303 g/mol. The molecule has 0 aliphatic carbocycles. The van der Waals surface area contributed by atoms with Gasteiger partial charge in [0.25, 0.3) is 0 Å². The van der Waals surface area contributed by atoms with E-state index in [0.717, 1.165) is 38.3 Å². The van der Waals surface area contributed by atoms with E-state index in [4.69, 9.17) is 12.2 Å². The first-order valence-corrected chi connectivity index (χ1v) is 6.69. The normalized spacial score (nSPS) is 17.1. The number of rotatable bonds is 1. The van der Waals surface area contributed by atoms with Crippen LogP contribution in [0.15, 0.2) is 24.3 Å². The van der Waals surface area contributed by atoms with Crippen LogP contribution >= 0.6 is 12.2 Å². The first kappa shape index (κ1) is 15.1. The molecule has 1 aromatic carbocycles. The van der Waals surface area contributed by atoms with Crippen LogP contribution in [0.1, 0.15) is 5.56 Å². The summed E-state index contributed by atoms with van der Waals surface area (Å²) in [5.41, 5.74) is -0.0875. The Bertz CT molecular complexity index is 465. The molecule has 1 aliphatic heterocycles. The largest absolute Gasteiger partial charge is 0.416 e. The average molecular weight is 303 g/mol. The predicted molar refractivity (Wildman–Crippen MR) is 76.7 cm³/mol. The van der Waals surface area contributed by atoms with Crippen molar-refractivity contribution in [3.05, 3.63) is 29.8 Å². The summed E-state index contributed by atoms with van der Waals surface area (Å²) in [6.45, 7) is 3.50. The maximum Gasteiger partial charge on any atom is 0.416 e. The van der Waals surface area contributed by atoms with Gasteiger partial charge in [-0.25, -0.2) is 0 Å². The number of halogens is 3. The molecule has 0 bridgehead atoms. The van der Waals surface area contributed by atoms with Gasteiger partial charge in [-0.2, -0.15) is 13.2 Å². The van der Waals surface area contributed by atoms with E-state index in [-0.39, 0.29) is 0 Å². The van der Waals surface area contributed by atoms with Crippen LogP contribution in [0.5, 0.6) is 0 Å². The molecular formula is C13H16F3N3S. The molecule has 1 saturated heterocycles. The van der Waals surface area contributed by atoms with Crippen LogP contribution in [-0.4, -0.2) is 48.1 Å². The number of alkyl halides is 3. The third-order valence-corrected chi connectivity index (χ3v) is 3.61. The lowest BCUT2D eigenvalue weighted by Crippen LogP contribution is -2.48. The number of likely N-dealkylation sites (N-methyl/N-ethyl adjacent to an activating group) is 1. The van der Waals surface area contributed by atoms with Crippen molar-refractivity contribution < 1.29 is 13.2 Å². The number of hydrogen-bond donors (Lipinski definition) is 1. The summed E-state index contributed by atoms with van der Waals surface area (Å²) in [6.07, 6.45) is -4.31. The van der Waals surface area contributed by atoms with Gasteiger partial charge in [0, 0.05) is 31.9 Å². The van der Waals surface area contributed by atoms with Gasteiger partial charge in [-0.3, -0.25) is 0 Å². The van der Waals surface area contributed by atoms with Gasteiger partial charge in [0.05, 0.1) is 5.56 Å². The number of thiocarbonyl (C=S) groups is 1. The van der Waals surface area contributed by atoms with Gasteiger partial charge in [0.2, 0.25) is 0 Å². The fourth-order valence-electron chi connectivity index (χ4n) is 1.95. The van der Waals surface area contributed by atoms with Crippen LogP contribution in [0.25, 0.3) is 0 Å². The summed E-state index contributed by atoms with van der Waals surface area (Å²) in [4.78, 5) is 4.23. The maximum atomic E-state index is 12.5. The van der Waals surface area contributed by atoms with E-state index in [9.17, 15) is 13.2 Å². The summed E-state index contributed by atoms with van der Waals surface area (Å²) < 4.78 is 37.4. The van der Waals surface area contributed by atoms with Gasteiger partial charge in [-0.05, 0) is 43.5 Å². The standard InChI is InChI=1S/C13H16F3N3S/c1-18-6-8-19(9-7-18)12(20)17-11-4-2-10(3-5-11)13(14,15)16/h2-5H,6-9H2,1H3,(H,17,20). The van der Waals surface area contributed by atoms with Crippen molar-refractivity contribution in [3.8, 4) is 0 Å². The second-order valence-corrected chi connectivity index (χ2v) is 5.18. The zero-order chi connectivity index (χ0) is 14.8. The fourth-order valence-corrected chi connectivity index (χ4v) is 2.26. The number of benzene rings is 1. The minimum Gasteiger partial charge on any atom is -0.346 e. The van der Waals surface area contributed by atoms with Crippen molar-refractivity contribution in [1.82, 2.24) is 9.80 Å². The second-order valence-electron chi connectivity index (χ2n) is 4.80. The summed E-state index contributed by atoms with van der Waals surface area (Å²) >= 11 is 5.27. The molecule has 1 fully saturated rings. The molecule has 0 radical (unpaired) electrons. The third kappa shape index (κ3) is 3.83. The van der Waals surface area contributed by atoms with E-state index in [2.05, 4.69) is 10.2 Å². The number of piperazine rings is 1. The molecule has 20 heavy (non-hydrogen) atoms. The van der Waals surface area contributed by atoms with Crippen molar-refractivity contribution in [2.24, 2.45) is 0 Å². The van der Waals surface area contributed by atoms with Crippen molar-refractivity contribution in [1.29, 1.82) is 0 Å². The summed E-state index contributed by atoms with van der Waals surface area (Å²) in [5, 5.41) is 3.53. The number of nitrogens with one attached hydrogen (secondary N) is 1. The van der Waals surface area contributed by atoms with Crippen molar-refractivity contribution in [2.45, 2.75) is 6.18 Å². The van der Waals surface area contributed by atoms with Gasteiger partial charge in [0.1, 0.15) is 0 Å². The molecule has 0 amide bonds. The van der Waals surface area contributed by atoms with Crippen LogP contribution in [0.2, 0.25) is 0 Å². The Morgan fingerprint density at radius 3 is 2.15 bits per heavy atom. The van der Waals surface area contributed by atoms with E-state index in [1.165, 1.54) is 12.1 Å². The van der Waals surface area contributed by atoms with Crippen LogP contribution in [0, 0.1) is 0 Å². The Labute approximate surface area is 121 Å². The highest BCUT2D eigenvalue weighted by molar-refractivity contribution is 7.80. The molecule has 0 saturated carbocycles. The minimum atomic E-state index is -4.31. The predicted octanol–water partition coefficient (Wildman–Crippen LogP) is 2.65. The molecule has 1 aliphatic rings. The average Bonchev–Trinajstić information content (AvgIpc) is 2.39. The fraction of sp³-hybridized carbons (Fsp3) is 0.462. The summed E-state index contributed by atoms with van der Waals surface area (Å²) in [7, 11) is 2.05. The van der Waals surface area contributed by atoms with Gasteiger partial charge in [-0.15, -0.1) is 0 Å². The first-order valence-electron chi connectivity index (χ1n) is 6.28. The van der Waals surface area contributed by atoms with E-state index >= 15 is 0 Å². The Kier molecular flexibility index (Phi) is 4.49. The molecular weight excluding hydrogens is 287 g/mol. The highest BCUT2D eigenvalue weighted by atomic mass is 32.1. The smallest absolute Gasteiger partial charge is 0.346 e. The van der Waals surface area contributed by atoms with Crippen molar-refractivity contribution in [3.63, 3.8) is 0 Å². The van der Waals surface area contributed by atoms with E-state index < -0.39 is 11.7 Å². The van der Waals surface area contributed by atoms with Crippen LogP contribution in [0.3, 0.4) is 0 Å². The van der Waals surface area contributed by atoms with Gasteiger partial charge in [0.15, 0.2) is 5.11 Å². The van der Waals surface area contributed by atoms with Crippen LogP contribution < -0.4 is 5.32 Å². The number of nitrogens with zero attached hydrogens (tertiary/aromatic N) is 2. The summed E-state index contributed by atoms with van der Waals surface area (Å²) in [6, 6.07) is 4.89. The minimum absolute atomic E-state index is 0.554. The highest BCUT2D eigenvalue weighted by Gasteiger charge is 2.30. The first-order chi connectivity index (χ1) is 9.36. The van der Waals surface area contributed by atoms with E-state index in [1.807, 2.05) is 11.9 Å². The zero-order valence-electron chi connectivity index (χ0n) is 11.1. The molecule has 110 valence electrons. The second kappa shape index (κ2) is 5.97. The molecule has 1 N–H and O–H groups in total. The topological polar surface area (TPSA) is 18.5 Å². The molecule has 0 atom stereocenters. The number of anilines is 1. The molecule has 1 heterocycles. The van der Waals surface area contributed by atoms with Gasteiger partial charge in [-0.1, -0.05) is 0 Å². The lowest BCUT2D eigenvalue weighted by molar-refractivity contribution is -0.137. The Morgan fingerprint density at radius 1 is 1.10 bits per heavy atom. The molecule has 0 aromatic heterocycles. The van der Waals surface area contributed by atoms with Gasteiger partial charge < -0.3 is 15.1 Å². The molecule has 1 aromatic rings. The van der Waals surface area contributed by atoms with Crippen LogP contribution in [0.4, 0.5) is 18.9 Å². The highest BCUT2D eigenvalue weighted by Crippen LogP contribution is 2.29. The van der Waals surface area contributed by atoms with E-state index in [0.29, 0.717) is 10.8 Å². The lowest BCUT2D eigenvalue weighted by Gasteiger charge is -2.34.